The van der Waals surface area contributed by atoms with E-state index in [1.54, 1.807) is 21.0 Å². The third-order valence-electron chi connectivity index (χ3n) is 4.55. The molecule has 0 aliphatic carbocycles. The summed E-state index contributed by atoms with van der Waals surface area (Å²) in [5, 5.41) is 7.79. The molecular formula is C19H31N5O2S. The first-order valence-corrected chi connectivity index (χ1v) is 11.0. The number of fused-ring (bicyclic) bond motifs is 1. The van der Waals surface area contributed by atoms with E-state index in [0.717, 1.165) is 31.9 Å². The van der Waals surface area contributed by atoms with Crippen LogP contribution in [0, 0.1) is 0 Å². The van der Waals surface area contributed by atoms with E-state index >= 15 is 0 Å². The topological polar surface area (TPSA) is 78.7 Å². The number of hydrogen-bond donors (Lipinski definition) is 2. The van der Waals surface area contributed by atoms with Crippen LogP contribution in [0.3, 0.4) is 0 Å². The van der Waals surface area contributed by atoms with Gasteiger partial charge in [-0.2, -0.15) is 0 Å². The van der Waals surface area contributed by atoms with E-state index in [0.29, 0.717) is 13.1 Å². The van der Waals surface area contributed by atoms with Crippen molar-refractivity contribution in [1.82, 2.24) is 19.5 Å². The van der Waals surface area contributed by atoms with Gasteiger partial charge in [0.15, 0.2) is 5.96 Å². The predicted molar refractivity (Wildman–Crippen MR) is 113 cm³/mol. The van der Waals surface area contributed by atoms with E-state index in [4.69, 9.17) is 0 Å². The van der Waals surface area contributed by atoms with Crippen molar-refractivity contribution in [2.75, 3.05) is 39.5 Å². The number of benzene rings is 1. The molecule has 2 N–H and O–H groups in total. The summed E-state index contributed by atoms with van der Waals surface area (Å²) in [4.78, 5) is 4.21. The van der Waals surface area contributed by atoms with Gasteiger partial charge in [-0.1, -0.05) is 18.2 Å². The first-order chi connectivity index (χ1) is 13.0. The summed E-state index contributed by atoms with van der Waals surface area (Å²) < 4.78 is 27.1. The van der Waals surface area contributed by atoms with Gasteiger partial charge in [0.2, 0.25) is 10.0 Å². The van der Waals surface area contributed by atoms with Crippen LogP contribution in [0.15, 0.2) is 41.5 Å². The fourth-order valence-electron chi connectivity index (χ4n) is 2.88. The highest BCUT2D eigenvalue weighted by Gasteiger charge is 2.13. The quantitative estimate of drug-likeness (QED) is 0.367. The van der Waals surface area contributed by atoms with E-state index in [2.05, 4.69) is 56.7 Å². The van der Waals surface area contributed by atoms with Gasteiger partial charge in [0.25, 0.3) is 0 Å². The molecular weight excluding hydrogens is 362 g/mol. The number of guanidine groups is 1. The molecule has 0 aliphatic rings. The summed E-state index contributed by atoms with van der Waals surface area (Å²) in [6.07, 6.45) is 3.83. The Labute approximate surface area is 162 Å². The molecule has 0 unspecified atom stereocenters. The minimum Gasteiger partial charge on any atom is -0.356 e. The van der Waals surface area contributed by atoms with Gasteiger partial charge in [-0.05, 0) is 37.3 Å². The molecule has 0 radical (unpaired) electrons. The Morgan fingerprint density at radius 1 is 1.15 bits per heavy atom. The molecule has 8 heteroatoms. The van der Waals surface area contributed by atoms with E-state index in [1.807, 2.05) is 0 Å². The van der Waals surface area contributed by atoms with Gasteiger partial charge in [-0.3, -0.25) is 4.99 Å². The molecule has 2 rings (SSSR count). The molecule has 0 amide bonds. The minimum atomic E-state index is -3.10. The van der Waals surface area contributed by atoms with Crippen LogP contribution in [-0.4, -0.2) is 62.7 Å². The Balaban J connectivity index is 1.66. The van der Waals surface area contributed by atoms with Gasteiger partial charge in [-0.15, -0.1) is 0 Å². The predicted octanol–water partition coefficient (Wildman–Crippen LogP) is 1.87. The summed E-state index contributed by atoms with van der Waals surface area (Å²) in [7, 11) is 0.258. The second kappa shape index (κ2) is 10.3. The lowest BCUT2D eigenvalue weighted by Gasteiger charge is -2.17. The smallest absolute Gasteiger partial charge is 0.213 e. The standard InChI is InChI=1S/C19H31N5O2S/c1-4-27(25,26)23(3)14-7-12-21-19(20-2)22-13-8-15-24-16-11-17-9-5-6-10-18(17)24/h5-6,9-11,16H,4,7-8,12-15H2,1-3H3,(H2,20,21,22). The number of para-hydroxylation sites is 1. The highest BCUT2D eigenvalue weighted by atomic mass is 32.2. The zero-order valence-electron chi connectivity index (χ0n) is 16.5. The Kier molecular flexibility index (Phi) is 8.12. The van der Waals surface area contributed by atoms with Crippen LogP contribution in [0.2, 0.25) is 0 Å². The fourth-order valence-corrected chi connectivity index (χ4v) is 3.73. The Hall–Kier alpha value is -2.06. The van der Waals surface area contributed by atoms with Crippen LogP contribution >= 0.6 is 0 Å². The molecule has 0 atom stereocenters. The largest absolute Gasteiger partial charge is 0.356 e. The molecule has 0 spiro atoms. The molecule has 0 aliphatic heterocycles. The molecule has 7 nitrogen and oxygen atoms in total. The summed E-state index contributed by atoms with van der Waals surface area (Å²) in [6.45, 7) is 4.59. The lowest BCUT2D eigenvalue weighted by atomic mass is 10.2. The summed E-state index contributed by atoms with van der Waals surface area (Å²) in [6, 6.07) is 10.5. The van der Waals surface area contributed by atoms with Crippen molar-refractivity contribution in [2.45, 2.75) is 26.3 Å². The van der Waals surface area contributed by atoms with Crippen molar-refractivity contribution in [2.24, 2.45) is 4.99 Å². The maximum absolute atomic E-state index is 11.7. The molecule has 1 aromatic heterocycles. The minimum absolute atomic E-state index is 0.136. The van der Waals surface area contributed by atoms with Gasteiger partial charge >= 0.3 is 0 Å². The number of hydrogen-bond acceptors (Lipinski definition) is 3. The number of nitrogens with zero attached hydrogens (tertiary/aromatic N) is 3. The van der Waals surface area contributed by atoms with E-state index < -0.39 is 10.0 Å². The molecule has 0 fully saturated rings. The first kappa shape index (κ1) is 21.2. The molecule has 0 saturated carbocycles. The van der Waals surface area contributed by atoms with Crippen LogP contribution in [-0.2, 0) is 16.6 Å². The van der Waals surface area contributed by atoms with Gasteiger partial charge in [0.05, 0.1) is 5.75 Å². The van der Waals surface area contributed by atoms with Crippen LogP contribution < -0.4 is 10.6 Å². The molecule has 0 saturated heterocycles. The number of aryl methyl sites for hydroxylation is 1. The first-order valence-electron chi connectivity index (χ1n) is 9.40. The normalized spacial score (nSPS) is 12.7. The summed E-state index contributed by atoms with van der Waals surface area (Å²) in [5.41, 5.74) is 1.26. The second-order valence-electron chi connectivity index (χ2n) is 6.42. The SMILES string of the molecule is CCS(=O)(=O)N(C)CCCNC(=NC)NCCCn1ccc2ccccc21. The lowest BCUT2D eigenvalue weighted by molar-refractivity contribution is 0.461. The van der Waals surface area contributed by atoms with E-state index in [-0.39, 0.29) is 5.75 Å². The highest BCUT2D eigenvalue weighted by molar-refractivity contribution is 7.89. The second-order valence-corrected chi connectivity index (χ2v) is 8.79. The Morgan fingerprint density at radius 2 is 1.85 bits per heavy atom. The third kappa shape index (κ3) is 6.25. The molecule has 1 heterocycles. The van der Waals surface area contributed by atoms with Crippen molar-refractivity contribution >= 4 is 26.9 Å². The van der Waals surface area contributed by atoms with E-state index in [9.17, 15) is 8.42 Å². The van der Waals surface area contributed by atoms with Gasteiger partial charge in [0, 0.05) is 52.0 Å². The highest BCUT2D eigenvalue weighted by Crippen LogP contribution is 2.15. The lowest BCUT2D eigenvalue weighted by Crippen LogP contribution is -2.39. The van der Waals surface area contributed by atoms with Crippen LogP contribution in [0.5, 0.6) is 0 Å². The van der Waals surface area contributed by atoms with Crippen molar-refractivity contribution in [3.8, 4) is 0 Å². The number of nitrogens with one attached hydrogen (secondary N) is 2. The Bertz CT molecular complexity index is 845. The van der Waals surface area contributed by atoms with Crippen molar-refractivity contribution in [3.05, 3.63) is 36.5 Å². The number of aromatic nitrogens is 1. The van der Waals surface area contributed by atoms with Gasteiger partial charge in [0.1, 0.15) is 0 Å². The molecule has 0 bridgehead atoms. The van der Waals surface area contributed by atoms with Crippen molar-refractivity contribution in [1.29, 1.82) is 0 Å². The molecule has 27 heavy (non-hydrogen) atoms. The van der Waals surface area contributed by atoms with Gasteiger partial charge < -0.3 is 15.2 Å². The Morgan fingerprint density at radius 3 is 2.56 bits per heavy atom. The number of aliphatic imine (C=N–C) groups is 1. The maximum atomic E-state index is 11.7. The average Bonchev–Trinajstić information content (AvgIpc) is 3.09. The zero-order chi connectivity index (χ0) is 19.7. The summed E-state index contributed by atoms with van der Waals surface area (Å²) >= 11 is 0. The zero-order valence-corrected chi connectivity index (χ0v) is 17.3. The molecule has 150 valence electrons. The van der Waals surface area contributed by atoms with Crippen molar-refractivity contribution in [3.63, 3.8) is 0 Å². The molecule has 2 aromatic rings. The fraction of sp³-hybridized carbons (Fsp3) is 0.526. The van der Waals surface area contributed by atoms with Crippen molar-refractivity contribution < 1.29 is 8.42 Å². The van der Waals surface area contributed by atoms with E-state index in [1.165, 1.54) is 15.2 Å². The van der Waals surface area contributed by atoms with Crippen LogP contribution in [0.1, 0.15) is 19.8 Å². The van der Waals surface area contributed by atoms with Crippen LogP contribution in [0.4, 0.5) is 0 Å². The van der Waals surface area contributed by atoms with Crippen LogP contribution in [0.25, 0.3) is 10.9 Å². The number of rotatable bonds is 10. The third-order valence-corrected chi connectivity index (χ3v) is 6.42. The summed E-state index contributed by atoms with van der Waals surface area (Å²) in [5.74, 6) is 0.880. The maximum Gasteiger partial charge on any atom is 0.213 e. The molecule has 1 aromatic carbocycles. The van der Waals surface area contributed by atoms with Gasteiger partial charge in [-0.25, -0.2) is 12.7 Å². The number of sulfonamides is 1. The monoisotopic (exact) mass is 393 g/mol. The average molecular weight is 394 g/mol.